The highest BCUT2D eigenvalue weighted by Gasteiger charge is 2.19. The van der Waals surface area contributed by atoms with Gasteiger partial charge in [0.1, 0.15) is 23.1 Å². The molecule has 4 aromatic rings. The SMILES string of the molecule is Cc1c(-c2ccccc2)oc2c(C(=O)OCc3ccc(Cl)nc3)cccc2c1=O. The fraction of sp³-hybridized carbons (Fsp3) is 0.0870. The molecule has 0 aliphatic heterocycles. The molecule has 0 amide bonds. The van der Waals surface area contributed by atoms with E-state index >= 15 is 0 Å². The van der Waals surface area contributed by atoms with Crippen molar-refractivity contribution in [1.29, 1.82) is 0 Å². The summed E-state index contributed by atoms with van der Waals surface area (Å²) in [5.74, 6) is -0.151. The number of fused-ring (bicyclic) bond motifs is 1. The minimum atomic E-state index is -0.587. The zero-order valence-corrected chi connectivity index (χ0v) is 16.3. The Morgan fingerprint density at radius 2 is 1.86 bits per heavy atom. The van der Waals surface area contributed by atoms with E-state index < -0.39 is 5.97 Å². The molecule has 144 valence electrons. The number of carbonyl (C=O) groups excluding carboxylic acids is 1. The van der Waals surface area contributed by atoms with E-state index in [9.17, 15) is 9.59 Å². The van der Waals surface area contributed by atoms with Crippen molar-refractivity contribution in [3.8, 4) is 11.3 Å². The van der Waals surface area contributed by atoms with Crippen LogP contribution >= 0.6 is 11.6 Å². The summed E-state index contributed by atoms with van der Waals surface area (Å²) in [6, 6.07) is 17.5. The van der Waals surface area contributed by atoms with Crippen molar-refractivity contribution in [3.05, 3.63) is 98.9 Å². The minimum Gasteiger partial charge on any atom is -0.457 e. The van der Waals surface area contributed by atoms with Crippen molar-refractivity contribution in [3.63, 3.8) is 0 Å². The van der Waals surface area contributed by atoms with Crippen molar-refractivity contribution >= 4 is 28.5 Å². The van der Waals surface area contributed by atoms with Gasteiger partial charge in [0.05, 0.1) is 5.39 Å². The molecule has 0 atom stereocenters. The van der Waals surface area contributed by atoms with Crippen LogP contribution in [0.5, 0.6) is 0 Å². The molecule has 5 nitrogen and oxygen atoms in total. The van der Waals surface area contributed by atoms with Crippen LogP contribution in [-0.4, -0.2) is 11.0 Å². The van der Waals surface area contributed by atoms with Crippen LogP contribution in [-0.2, 0) is 11.3 Å². The monoisotopic (exact) mass is 405 g/mol. The van der Waals surface area contributed by atoms with Crippen LogP contribution in [0, 0.1) is 6.92 Å². The highest BCUT2D eigenvalue weighted by molar-refractivity contribution is 6.29. The molecule has 0 saturated heterocycles. The second-order valence-electron chi connectivity index (χ2n) is 6.50. The lowest BCUT2D eigenvalue weighted by Gasteiger charge is -2.10. The Morgan fingerprint density at radius 1 is 1.07 bits per heavy atom. The molecule has 0 unspecified atom stereocenters. The molecule has 0 saturated carbocycles. The first-order chi connectivity index (χ1) is 14.0. The maximum Gasteiger partial charge on any atom is 0.342 e. The first kappa shape index (κ1) is 18.9. The van der Waals surface area contributed by atoms with Gasteiger partial charge < -0.3 is 9.15 Å². The van der Waals surface area contributed by atoms with Gasteiger partial charge in [-0.2, -0.15) is 0 Å². The van der Waals surface area contributed by atoms with Crippen LogP contribution in [0.4, 0.5) is 0 Å². The molecule has 2 aromatic heterocycles. The van der Waals surface area contributed by atoms with E-state index in [1.807, 2.05) is 30.3 Å². The van der Waals surface area contributed by atoms with Gasteiger partial charge in [0.2, 0.25) is 0 Å². The Bertz CT molecular complexity index is 1250. The molecule has 0 fully saturated rings. The first-order valence-electron chi connectivity index (χ1n) is 8.94. The average Bonchev–Trinajstić information content (AvgIpc) is 2.76. The number of rotatable bonds is 4. The van der Waals surface area contributed by atoms with E-state index in [1.54, 1.807) is 37.3 Å². The second kappa shape index (κ2) is 7.89. The Labute approximate surface area is 171 Å². The second-order valence-corrected chi connectivity index (χ2v) is 6.89. The van der Waals surface area contributed by atoms with Gasteiger partial charge in [0.25, 0.3) is 0 Å². The number of benzene rings is 2. The Kier molecular flexibility index (Phi) is 5.14. The molecule has 0 radical (unpaired) electrons. The molecular weight excluding hydrogens is 390 g/mol. The number of carbonyl (C=O) groups is 1. The van der Waals surface area contributed by atoms with Gasteiger partial charge in [-0.25, -0.2) is 9.78 Å². The molecule has 6 heteroatoms. The number of nitrogens with zero attached hydrogens (tertiary/aromatic N) is 1. The third-order valence-electron chi connectivity index (χ3n) is 4.56. The number of hydrogen-bond donors (Lipinski definition) is 0. The topological polar surface area (TPSA) is 69.4 Å². The van der Waals surface area contributed by atoms with Crippen molar-refractivity contribution in [2.75, 3.05) is 0 Å². The van der Waals surface area contributed by atoms with Crippen LogP contribution in [0.3, 0.4) is 0 Å². The normalized spacial score (nSPS) is 10.8. The van der Waals surface area contributed by atoms with Crippen molar-refractivity contribution in [2.45, 2.75) is 13.5 Å². The third kappa shape index (κ3) is 3.77. The summed E-state index contributed by atoms with van der Waals surface area (Å²) < 4.78 is 11.4. The van der Waals surface area contributed by atoms with Crippen molar-refractivity contribution in [2.24, 2.45) is 0 Å². The average molecular weight is 406 g/mol. The summed E-state index contributed by atoms with van der Waals surface area (Å²) in [5, 5.41) is 0.699. The van der Waals surface area contributed by atoms with Gasteiger partial charge in [-0.1, -0.05) is 54.1 Å². The molecule has 0 spiro atoms. The Hall–Kier alpha value is -3.44. The van der Waals surface area contributed by atoms with E-state index in [4.69, 9.17) is 20.8 Å². The number of hydrogen-bond acceptors (Lipinski definition) is 5. The van der Waals surface area contributed by atoms with E-state index in [-0.39, 0.29) is 23.2 Å². The lowest BCUT2D eigenvalue weighted by atomic mass is 10.0. The van der Waals surface area contributed by atoms with Crippen LogP contribution < -0.4 is 5.43 Å². The summed E-state index contributed by atoms with van der Waals surface area (Å²) in [7, 11) is 0. The summed E-state index contributed by atoms with van der Waals surface area (Å²) in [6.07, 6.45) is 1.54. The van der Waals surface area contributed by atoms with Crippen LogP contribution in [0.15, 0.2) is 76.1 Å². The number of aromatic nitrogens is 1. The summed E-state index contributed by atoms with van der Waals surface area (Å²) in [5.41, 5.74) is 2.17. The zero-order valence-electron chi connectivity index (χ0n) is 15.5. The number of halogens is 1. The lowest BCUT2D eigenvalue weighted by Crippen LogP contribution is -2.11. The molecule has 2 heterocycles. The lowest BCUT2D eigenvalue weighted by molar-refractivity contribution is 0.0473. The summed E-state index contributed by atoms with van der Waals surface area (Å²) in [6.45, 7) is 1.74. The fourth-order valence-electron chi connectivity index (χ4n) is 3.05. The quantitative estimate of drug-likeness (QED) is 0.346. The van der Waals surface area contributed by atoms with Crippen LogP contribution in [0.25, 0.3) is 22.3 Å². The van der Waals surface area contributed by atoms with Crippen molar-refractivity contribution in [1.82, 2.24) is 4.98 Å². The smallest absolute Gasteiger partial charge is 0.342 e. The van der Waals surface area contributed by atoms with Gasteiger partial charge in [-0.15, -0.1) is 0 Å². The molecule has 2 aromatic carbocycles. The van der Waals surface area contributed by atoms with E-state index in [2.05, 4.69) is 4.98 Å². The minimum absolute atomic E-state index is 0.0288. The highest BCUT2D eigenvalue weighted by Crippen LogP contribution is 2.27. The maximum atomic E-state index is 12.9. The largest absolute Gasteiger partial charge is 0.457 e. The molecule has 0 aliphatic rings. The third-order valence-corrected chi connectivity index (χ3v) is 4.78. The molecule has 4 rings (SSSR count). The van der Waals surface area contributed by atoms with Gasteiger partial charge in [0.15, 0.2) is 11.0 Å². The number of para-hydroxylation sites is 1. The van der Waals surface area contributed by atoms with E-state index in [1.165, 1.54) is 6.20 Å². The predicted molar refractivity (Wildman–Crippen MR) is 111 cm³/mol. The van der Waals surface area contributed by atoms with Crippen molar-refractivity contribution < 1.29 is 13.9 Å². The van der Waals surface area contributed by atoms with Gasteiger partial charge in [0, 0.05) is 22.9 Å². The van der Waals surface area contributed by atoms with Gasteiger partial charge in [-0.3, -0.25) is 4.79 Å². The summed E-state index contributed by atoms with van der Waals surface area (Å²) >= 11 is 5.77. The van der Waals surface area contributed by atoms with Crippen LogP contribution in [0.1, 0.15) is 21.5 Å². The molecular formula is C23H16ClNO4. The standard InChI is InChI=1S/C23H16ClNO4/c1-14-20(26)17-8-5-9-18(22(17)29-21(14)16-6-3-2-4-7-16)23(27)28-13-15-10-11-19(24)25-12-15/h2-12H,13H2,1H3. The molecule has 29 heavy (non-hydrogen) atoms. The molecule has 0 aliphatic carbocycles. The Morgan fingerprint density at radius 3 is 2.59 bits per heavy atom. The van der Waals surface area contributed by atoms with E-state index in [0.29, 0.717) is 27.4 Å². The van der Waals surface area contributed by atoms with Crippen LogP contribution in [0.2, 0.25) is 5.15 Å². The van der Waals surface area contributed by atoms with Gasteiger partial charge >= 0.3 is 5.97 Å². The fourth-order valence-corrected chi connectivity index (χ4v) is 3.17. The molecule has 0 N–H and O–H groups in total. The highest BCUT2D eigenvalue weighted by atomic mass is 35.5. The zero-order chi connectivity index (χ0) is 20.4. The van der Waals surface area contributed by atoms with Gasteiger partial charge in [-0.05, 0) is 25.1 Å². The first-order valence-corrected chi connectivity index (χ1v) is 9.32. The number of ether oxygens (including phenoxy) is 1. The predicted octanol–water partition coefficient (Wildman–Crippen LogP) is 5.17. The maximum absolute atomic E-state index is 12.9. The number of esters is 1. The van der Waals surface area contributed by atoms with E-state index in [0.717, 1.165) is 5.56 Å². The molecule has 0 bridgehead atoms. The summed E-state index contributed by atoms with van der Waals surface area (Å²) in [4.78, 5) is 29.5. The number of pyridine rings is 1. The Balaban J connectivity index is 1.74.